The fraction of sp³-hybridized carbons (Fsp3) is 0.294. The molecule has 0 unspecified atom stereocenters. The van der Waals surface area contributed by atoms with E-state index in [1.165, 1.54) is 23.1 Å². The first kappa shape index (κ1) is 16.6. The summed E-state index contributed by atoms with van der Waals surface area (Å²) in [6.07, 6.45) is 1.92. The number of halogens is 2. The highest BCUT2D eigenvalue weighted by Gasteiger charge is 2.23. The first-order valence-corrected chi connectivity index (χ1v) is 8.34. The molecule has 0 bridgehead atoms. The lowest BCUT2D eigenvalue weighted by Gasteiger charge is -2.13. The second-order valence-electron chi connectivity index (χ2n) is 5.57. The number of anilines is 1. The van der Waals surface area contributed by atoms with Gasteiger partial charge in [0.05, 0.1) is 5.69 Å². The van der Waals surface area contributed by atoms with Gasteiger partial charge >= 0.3 is 5.97 Å². The highest BCUT2D eigenvalue weighted by atomic mass is 32.1. The summed E-state index contributed by atoms with van der Waals surface area (Å²) in [6, 6.07) is 4.61. The summed E-state index contributed by atoms with van der Waals surface area (Å²) < 4.78 is 31.5. The maximum atomic E-state index is 13.5. The minimum absolute atomic E-state index is 0.167. The van der Waals surface area contributed by atoms with Crippen molar-refractivity contribution in [2.75, 3.05) is 5.32 Å². The molecule has 0 spiro atoms. The molecule has 2 aromatic rings. The number of thiophene rings is 1. The molecule has 1 aliphatic carbocycles. The molecule has 1 aromatic heterocycles. The van der Waals surface area contributed by atoms with E-state index < -0.39 is 29.6 Å². The Morgan fingerprint density at radius 1 is 1.25 bits per heavy atom. The normalized spacial score (nSPS) is 14.1. The van der Waals surface area contributed by atoms with Crippen LogP contribution in [0, 0.1) is 11.6 Å². The zero-order chi connectivity index (χ0) is 17.3. The average molecular weight is 351 g/mol. The fourth-order valence-corrected chi connectivity index (χ4v) is 3.66. The summed E-state index contributed by atoms with van der Waals surface area (Å²) in [4.78, 5) is 25.8. The monoisotopic (exact) mass is 351 g/mol. The van der Waals surface area contributed by atoms with Crippen molar-refractivity contribution in [2.45, 2.75) is 32.3 Å². The van der Waals surface area contributed by atoms with Gasteiger partial charge in [-0.3, -0.25) is 4.79 Å². The number of ether oxygens (including phenoxy) is 1. The van der Waals surface area contributed by atoms with Crippen LogP contribution in [-0.2, 0) is 22.4 Å². The first-order valence-electron chi connectivity index (χ1n) is 7.52. The summed E-state index contributed by atoms with van der Waals surface area (Å²) in [7, 11) is 0. The fourth-order valence-electron chi connectivity index (χ4n) is 2.53. The molecule has 0 radical (unpaired) electrons. The quantitative estimate of drug-likeness (QED) is 0.855. The van der Waals surface area contributed by atoms with Gasteiger partial charge in [-0.05, 0) is 49.9 Å². The molecular weight excluding hydrogens is 336 g/mol. The maximum absolute atomic E-state index is 13.5. The van der Waals surface area contributed by atoms with E-state index in [9.17, 15) is 18.4 Å². The Morgan fingerprint density at radius 2 is 2.04 bits per heavy atom. The van der Waals surface area contributed by atoms with Crippen molar-refractivity contribution in [1.82, 2.24) is 0 Å². The Morgan fingerprint density at radius 3 is 2.75 bits per heavy atom. The van der Waals surface area contributed by atoms with Crippen LogP contribution in [0.15, 0.2) is 24.3 Å². The summed E-state index contributed by atoms with van der Waals surface area (Å²) in [6.45, 7) is 1.40. The van der Waals surface area contributed by atoms with Gasteiger partial charge in [-0.15, -0.1) is 11.3 Å². The number of carbonyl (C=O) groups is 2. The highest BCUT2D eigenvalue weighted by Crippen LogP contribution is 2.31. The van der Waals surface area contributed by atoms with Crippen molar-refractivity contribution >= 4 is 28.9 Å². The standard InChI is InChI=1S/C17H15F2NO3S/c1-9(16(21)20-13-6-5-11(18)8-12(13)19)23-17(22)15-7-10-3-2-4-14(10)24-15/h5-9H,2-4H2,1H3,(H,20,21)/t9-/m0/s1. The summed E-state index contributed by atoms with van der Waals surface area (Å²) in [5.74, 6) is -2.89. The van der Waals surface area contributed by atoms with Crippen LogP contribution < -0.4 is 5.32 Å². The lowest BCUT2D eigenvalue weighted by molar-refractivity contribution is -0.123. The van der Waals surface area contributed by atoms with Crippen LogP contribution in [0.25, 0.3) is 0 Å². The van der Waals surface area contributed by atoms with Gasteiger partial charge in [-0.1, -0.05) is 0 Å². The molecule has 0 fully saturated rings. The molecule has 126 valence electrons. The van der Waals surface area contributed by atoms with E-state index in [1.54, 1.807) is 6.07 Å². The van der Waals surface area contributed by atoms with E-state index in [-0.39, 0.29) is 5.69 Å². The number of aryl methyl sites for hydroxylation is 2. The van der Waals surface area contributed by atoms with Crippen molar-refractivity contribution in [3.63, 3.8) is 0 Å². The molecule has 1 amide bonds. The lowest BCUT2D eigenvalue weighted by Crippen LogP contribution is -2.30. The van der Waals surface area contributed by atoms with Gasteiger partial charge in [0.2, 0.25) is 0 Å². The number of rotatable bonds is 4. The van der Waals surface area contributed by atoms with Crippen LogP contribution in [0.2, 0.25) is 0 Å². The van der Waals surface area contributed by atoms with E-state index in [4.69, 9.17) is 4.74 Å². The molecule has 3 rings (SSSR count). The summed E-state index contributed by atoms with van der Waals surface area (Å²) in [5.41, 5.74) is 0.997. The third-order valence-corrected chi connectivity index (χ3v) is 5.01. The van der Waals surface area contributed by atoms with Crippen LogP contribution in [0.3, 0.4) is 0 Å². The average Bonchev–Trinajstić information content (AvgIpc) is 3.11. The Balaban J connectivity index is 1.61. The molecule has 1 heterocycles. The zero-order valence-corrected chi connectivity index (χ0v) is 13.7. The number of hydrogen-bond donors (Lipinski definition) is 1. The van der Waals surface area contributed by atoms with Gasteiger partial charge in [0.1, 0.15) is 16.5 Å². The third kappa shape index (κ3) is 3.46. The van der Waals surface area contributed by atoms with Crippen molar-refractivity contribution in [1.29, 1.82) is 0 Å². The third-order valence-electron chi connectivity index (χ3n) is 3.79. The molecule has 7 heteroatoms. The first-order chi connectivity index (χ1) is 11.4. The van der Waals surface area contributed by atoms with E-state index in [1.807, 2.05) is 0 Å². The summed E-state index contributed by atoms with van der Waals surface area (Å²) >= 11 is 1.38. The second-order valence-corrected chi connectivity index (χ2v) is 6.71. The molecule has 1 aromatic carbocycles. The molecule has 24 heavy (non-hydrogen) atoms. The smallest absolute Gasteiger partial charge is 0.349 e. The summed E-state index contributed by atoms with van der Waals surface area (Å²) in [5, 5.41) is 2.28. The van der Waals surface area contributed by atoms with E-state index in [0.29, 0.717) is 10.9 Å². The maximum Gasteiger partial charge on any atom is 0.349 e. The van der Waals surface area contributed by atoms with Crippen LogP contribution in [-0.4, -0.2) is 18.0 Å². The zero-order valence-electron chi connectivity index (χ0n) is 12.9. The second kappa shape index (κ2) is 6.68. The number of nitrogens with one attached hydrogen (secondary N) is 1. The lowest BCUT2D eigenvalue weighted by atomic mass is 10.2. The van der Waals surface area contributed by atoms with Gasteiger partial charge in [0, 0.05) is 10.9 Å². The molecule has 0 saturated carbocycles. The molecular formula is C17H15F2NO3S. The largest absolute Gasteiger partial charge is 0.448 e. The van der Waals surface area contributed by atoms with Gasteiger partial charge in [-0.25, -0.2) is 13.6 Å². The molecule has 1 atom stereocenters. The van der Waals surface area contributed by atoms with E-state index in [2.05, 4.69) is 5.32 Å². The molecule has 1 N–H and O–H groups in total. The minimum Gasteiger partial charge on any atom is -0.448 e. The predicted octanol–water partition coefficient (Wildman–Crippen LogP) is 3.70. The topological polar surface area (TPSA) is 55.4 Å². The Bertz CT molecular complexity index is 782. The Kier molecular flexibility index (Phi) is 4.62. The van der Waals surface area contributed by atoms with Crippen LogP contribution >= 0.6 is 11.3 Å². The Hall–Kier alpha value is -2.28. The van der Waals surface area contributed by atoms with Gasteiger partial charge in [-0.2, -0.15) is 0 Å². The van der Waals surface area contributed by atoms with Crippen molar-refractivity contribution in [3.05, 3.63) is 51.2 Å². The number of benzene rings is 1. The SMILES string of the molecule is C[C@H](OC(=O)c1cc2c(s1)CCC2)C(=O)Nc1ccc(F)cc1F. The van der Waals surface area contributed by atoms with E-state index in [0.717, 1.165) is 37.0 Å². The molecule has 0 saturated heterocycles. The number of fused-ring (bicyclic) bond motifs is 1. The number of esters is 1. The number of carbonyl (C=O) groups excluding carboxylic acids is 2. The Labute approximate surface area is 141 Å². The van der Waals surface area contributed by atoms with Crippen LogP contribution in [0.4, 0.5) is 14.5 Å². The van der Waals surface area contributed by atoms with E-state index >= 15 is 0 Å². The van der Waals surface area contributed by atoms with Crippen LogP contribution in [0.1, 0.15) is 33.5 Å². The van der Waals surface area contributed by atoms with Gasteiger partial charge < -0.3 is 10.1 Å². The number of hydrogen-bond acceptors (Lipinski definition) is 4. The minimum atomic E-state index is -1.10. The van der Waals surface area contributed by atoms with Crippen LogP contribution in [0.5, 0.6) is 0 Å². The van der Waals surface area contributed by atoms with Crippen molar-refractivity contribution in [3.8, 4) is 0 Å². The highest BCUT2D eigenvalue weighted by molar-refractivity contribution is 7.14. The van der Waals surface area contributed by atoms with Crippen molar-refractivity contribution < 1.29 is 23.1 Å². The number of amides is 1. The molecule has 0 aliphatic heterocycles. The predicted molar refractivity (Wildman–Crippen MR) is 86.2 cm³/mol. The van der Waals surface area contributed by atoms with Gasteiger partial charge in [0.25, 0.3) is 5.91 Å². The van der Waals surface area contributed by atoms with Gasteiger partial charge in [0.15, 0.2) is 6.10 Å². The molecule has 4 nitrogen and oxygen atoms in total. The molecule has 1 aliphatic rings. The van der Waals surface area contributed by atoms with Crippen molar-refractivity contribution in [2.24, 2.45) is 0 Å².